The van der Waals surface area contributed by atoms with Crippen LogP contribution in [-0.2, 0) is 11.2 Å². The average Bonchev–Trinajstić information content (AvgIpc) is 2.77. The van der Waals surface area contributed by atoms with Gasteiger partial charge in [-0.3, -0.25) is 9.78 Å². The first kappa shape index (κ1) is 13.5. The lowest BCUT2D eigenvalue weighted by atomic mass is 9.97. The van der Waals surface area contributed by atoms with Crippen molar-refractivity contribution in [1.82, 2.24) is 4.98 Å². The smallest absolute Gasteiger partial charge is 0.256 e. The number of aryl methyl sites for hydroxylation is 1. The first-order valence-corrected chi connectivity index (χ1v) is 6.89. The number of carbonyl (C=O) groups is 1. The largest absolute Gasteiger partial charge is 0.396 e. The molecule has 0 radical (unpaired) electrons. The van der Waals surface area contributed by atoms with E-state index in [4.69, 9.17) is 0 Å². The van der Waals surface area contributed by atoms with E-state index in [0.29, 0.717) is 12.0 Å². The van der Waals surface area contributed by atoms with Crippen molar-refractivity contribution in [3.05, 3.63) is 58.9 Å². The molecule has 1 aromatic carbocycles. The molecule has 1 aliphatic rings. The van der Waals surface area contributed by atoms with Gasteiger partial charge in [0, 0.05) is 23.6 Å². The monoisotopic (exact) mass is 280 g/mol. The van der Waals surface area contributed by atoms with Crippen LogP contribution in [0.3, 0.4) is 0 Å². The third-order valence-corrected chi connectivity index (χ3v) is 3.50. The molecule has 2 N–H and O–H groups in total. The van der Waals surface area contributed by atoms with Gasteiger partial charge in [0.05, 0.1) is 11.3 Å². The molecule has 2 aromatic rings. The van der Waals surface area contributed by atoms with E-state index >= 15 is 0 Å². The third kappa shape index (κ3) is 2.58. The minimum absolute atomic E-state index is 0.0562. The number of nitrogens with one attached hydrogen (secondary N) is 1. The molecule has 0 bridgehead atoms. The van der Waals surface area contributed by atoms with Gasteiger partial charge in [0.1, 0.15) is 0 Å². The molecule has 1 amide bonds. The van der Waals surface area contributed by atoms with Crippen LogP contribution < -0.4 is 5.32 Å². The number of aromatic nitrogens is 1. The second kappa shape index (κ2) is 5.50. The fraction of sp³-hybridized carbons (Fsp3) is 0.176. The summed E-state index contributed by atoms with van der Waals surface area (Å²) in [4.78, 5) is 16.6. The predicted octanol–water partition coefficient (Wildman–Crippen LogP) is 2.42. The van der Waals surface area contributed by atoms with E-state index in [1.807, 2.05) is 43.3 Å². The van der Waals surface area contributed by atoms with Crippen molar-refractivity contribution in [2.75, 3.05) is 11.9 Å². The molecule has 21 heavy (non-hydrogen) atoms. The summed E-state index contributed by atoms with van der Waals surface area (Å²) < 4.78 is 0. The molecule has 0 spiro atoms. The van der Waals surface area contributed by atoms with Crippen LogP contribution in [-0.4, -0.2) is 22.6 Å². The van der Waals surface area contributed by atoms with Crippen LogP contribution in [0.4, 0.5) is 5.69 Å². The Bertz CT molecular complexity index is 735. The van der Waals surface area contributed by atoms with Gasteiger partial charge in [0.15, 0.2) is 0 Å². The number of fused-ring (bicyclic) bond motifs is 1. The van der Waals surface area contributed by atoms with Crippen molar-refractivity contribution in [3.63, 3.8) is 0 Å². The van der Waals surface area contributed by atoms with Crippen molar-refractivity contribution < 1.29 is 9.90 Å². The first-order valence-electron chi connectivity index (χ1n) is 6.89. The third-order valence-electron chi connectivity index (χ3n) is 3.50. The van der Waals surface area contributed by atoms with Crippen LogP contribution in [0.15, 0.2) is 36.4 Å². The number of rotatable bonds is 3. The van der Waals surface area contributed by atoms with Crippen LogP contribution in [0.25, 0.3) is 11.6 Å². The molecule has 1 aliphatic heterocycles. The van der Waals surface area contributed by atoms with E-state index in [1.54, 1.807) is 6.08 Å². The minimum Gasteiger partial charge on any atom is -0.396 e. The fourth-order valence-electron chi connectivity index (χ4n) is 2.58. The van der Waals surface area contributed by atoms with Gasteiger partial charge >= 0.3 is 0 Å². The summed E-state index contributed by atoms with van der Waals surface area (Å²) in [6, 6.07) is 11.4. The summed E-state index contributed by atoms with van der Waals surface area (Å²) in [5, 5.41) is 12.1. The van der Waals surface area contributed by atoms with E-state index in [1.165, 1.54) is 0 Å². The molecule has 3 rings (SSSR count). The minimum atomic E-state index is -0.126. The van der Waals surface area contributed by atoms with Crippen LogP contribution in [0.2, 0.25) is 0 Å². The number of hydrogen-bond acceptors (Lipinski definition) is 3. The molecule has 106 valence electrons. The molecule has 4 nitrogen and oxygen atoms in total. The molecule has 4 heteroatoms. The number of hydrogen-bond donors (Lipinski definition) is 2. The Labute approximate surface area is 123 Å². The van der Waals surface area contributed by atoms with Crippen molar-refractivity contribution in [3.8, 4) is 0 Å². The Morgan fingerprint density at radius 2 is 2.05 bits per heavy atom. The van der Waals surface area contributed by atoms with E-state index in [-0.39, 0.29) is 12.5 Å². The van der Waals surface area contributed by atoms with Crippen molar-refractivity contribution >= 4 is 23.2 Å². The molecule has 2 heterocycles. The van der Waals surface area contributed by atoms with E-state index in [9.17, 15) is 9.90 Å². The Morgan fingerprint density at radius 3 is 2.81 bits per heavy atom. The highest BCUT2D eigenvalue weighted by molar-refractivity contribution is 6.35. The summed E-state index contributed by atoms with van der Waals surface area (Å²) >= 11 is 0. The molecule has 0 saturated carbocycles. The van der Waals surface area contributed by atoms with Gasteiger partial charge in [0.2, 0.25) is 0 Å². The van der Waals surface area contributed by atoms with Crippen molar-refractivity contribution in [2.24, 2.45) is 0 Å². The van der Waals surface area contributed by atoms with Gasteiger partial charge in [0.25, 0.3) is 5.91 Å². The summed E-state index contributed by atoms with van der Waals surface area (Å²) in [6.45, 7) is 1.97. The molecular formula is C17H16N2O2. The maximum atomic E-state index is 12.2. The number of anilines is 1. The van der Waals surface area contributed by atoms with Gasteiger partial charge in [-0.1, -0.05) is 18.2 Å². The lowest BCUT2D eigenvalue weighted by Gasteiger charge is -2.06. The van der Waals surface area contributed by atoms with Gasteiger partial charge in [-0.05, 0) is 43.2 Å². The van der Waals surface area contributed by atoms with Crippen LogP contribution >= 0.6 is 0 Å². The lowest BCUT2D eigenvalue weighted by Crippen LogP contribution is -2.04. The molecule has 0 aliphatic carbocycles. The number of amides is 1. The Morgan fingerprint density at radius 1 is 1.24 bits per heavy atom. The summed E-state index contributed by atoms with van der Waals surface area (Å²) in [7, 11) is 0. The fourth-order valence-corrected chi connectivity index (χ4v) is 2.58. The highest BCUT2D eigenvalue weighted by Gasteiger charge is 2.26. The lowest BCUT2D eigenvalue weighted by molar-refractivity contribution is -0.110. The molecule has 0 unspecified atom stereocenters. The zero-order valence-corrected chi connectivity index (χ0v) is 11.8. The predicted molar refractivity (Wildman–Crippen MR) is 82.7 cm³/mol. The van der Waals surface area contributed by atoms with Crippen molar-refractivity contribution in [2.45, 2.75) is 13.3 Å². The van der Waals surface area contributed by atoms with Crippen LogP contribution in [0, 0.1) is 6.92 Å². The van der Waals surface area contributed by atoms with Crippen LogP contribution in [0.1, 0.15) is 22.5 Å². The number of pyridine rings is 1. The number of aliphatic hydroxyl groups is 1. The van der Waals surface area contributed by atoms with Gasteiger partial charge in [-0.15, -0.1) is 0 Å². The summed E-state index contributed by atoms with van der Waals surface area (Å²) in [5.74, 6) is -0.126. The summed E-state index contributed by atoms with van der Waals surface area (Å²) in [6.07, 6.45) is 2.33. The van der Waals surface area contributed by atoms with Crippen molar-refractivity contribution in [1.29, 1.82) is 0 Å². The van der Waals surface area contributed by atoms with E-state index in [0.717, 1.165) is 28.2 Å². The van der Waals surface area contributed by atoms with Gasteiger partial charge in [-0.2, -0.15) is 0 Å². The second-order valence-corrected chi connectivity index (χ2v) is 5.03. The molecule has 0 atom stereocenters. The molecular weight excluding hydrogens is 264 g/mol. The quantitative estimate of drug-likeness (QED) is 0.849. The normalized spacial score (nSPS) is 15.1. The van der Waals surface area contributed by atoms with Gasteiger partial charge < -0.3 is 10.4 Å². The first-order chi connectivity index (χ1) is 10.2. The number of benzene rings is 1. The molecule has 1 aromatic heterocycles. The second-order valence-electron chi connectivity index (χ2n) is 5.03. The van der Waals surface area contributed by atoms with Crippen LogP contribution in [0.5, 0.6) is 0 Å². The highest BCUT2D eigenvalue weighted by Crippen LogP contribution is 2.35. The Hall–Kier alpha value is -2.46. The molecule has 0 fully saturated rings. The maximum absolute atomic E-state index is 12.2. The van der Waals surface area contributed by atoms with E-state index in [2.05, 4.69) is 10.3 Å². The number of carbonyl (C=O) groups excluding carboxylic acids is 1. The Kier molecular flexibility index (Phi) is 3.54. The summed E-state index contributed by atoms with van der Waals surface area (Å²) in [5.41, 5.74) is 4.91. The topological polar surface area (TPSA) is 62.2 Å². The molecule has 0 saturated heterocycles. The zero-order valence-electron chi connectivity index (χ0n) is 11.8. The Balaban J connectivity index is 2.11. The average molecular weight is 280 g/mol. The zero-order chi connectivity index (χ0) is 14.8. The SMILES string of the molecule is Cc1cccc(/C=C2\C(=O)Nc3cccc(CCO)c32)n1. The van der Waals surface area contributed by atoms with Gasteiger partial charge in [-0.25, -0.2) is 0 Å². The highest BCUT2D eigenvalue weighted by atomic mass is 16.3. The maximum Gasteiger partial charge on any atom is 0.256 e. The number of aliphatic hydroxyl groups excluding tert-OH is 1. The standard InChI is InChI=1S/C17H16N2O2/c1-11-4-2-6-13(18-11)10-14-16-12(8-9-20)5-3-7-15(16)19-17(14)21/h2-7,10,20H,8-9H2,1H3,(H,19,21)/b14-10-. The van der Waals surface area contributed by atoms with E-state index < -0.39 is 0 Å². The number of nitrogens with zero attached hydrogens (tertiary/aromatic N) is 1.